The average Bonchev–Trinajstić information content (AvgIpc) is 3.40. The Labute approximate surface area is 158 Å². The minimum Gasteiger partial charge on any atom is -0.465 e. The van der Waals surface area contributed by atoms with Crippen LogP contribution in [0.1, 0.15) is 35.7 Å². The van der Waals surface area contributed by atoms with Crippen LogP contribution in [0.3, 0.4) is 0 Å². The van der Waals surface area contributed by atoms with Gasteiger partial charge in [-0.1, -0.05) is 60.7 Å². The number of hydrogen-bond acceptors (Lipinski definition) is 5. The summed E-state index contributed by atoms with van der Waals surface area (Å²) in [5.74, 6) is -3.12. The largest absolute Gasteiger partial charge is 0.465 e. The molecule has 2 atom stereocenters. The van der Waals surface area contributed by atoms with E-state index in [0.29, 0.717) is 5.56 Å². The van der Waals surface area contributed by atoms with Crippen LogP contribution in [-0.2, 0) is 19.1 Å². The van der Waals surface area contributed by atoms with Gasteiger partial charge in [0.2, 0.25) is 0 Å². The Kier molecular flexibility index (Phi) is 5.40. The van der Waals surface area contributed by atoms with E-state index in [1.54, 1.807) is 38.1 Å². The first kappa shape index (κ1) is 18.8. The van der Waals surface area contributed by atoms with Gasteiger partial charge in [-0.15, -0.1) is 0 Å². The van der Waals surface area contributed by atoms with E-state index < -0.39 is 29.2 Å². The molecule has 0 N–H and O–H groups in total. The van der Waals surface area contributed by atoms with Crippen LogP contribution in [0.4, 0.5) is 0 Å². The van der Waals surface area contributed by atoms with E-state index >= 15 is 0 Å². The number of ether oxygens (including phenoxy) is 2. The van der Waals surface area contributed by atoms with Gasteiger partial charge in [-0.3, -0.25) is 14.4 Å². The van der Waals surface area contributed by atoms with Crippen molar-refractivity contribution in [3.05, 3.63) is 71.8 Å². The second kappa shape index (κ2) is 7.74. The number of rotatable bonds is 7. The summed E-state index contributed by atoms with van der Waals surface area (Å²) in [4.78, 5) is 39.0. The molecule has 3 rings (SSSR count). The molecule has 2 aromatic rings. The zero-order chi connectivity index (χ0) is 19.4. The Morgan fingerprint density at radius 1 is 0.815 bits per heavy atom. The highest BCUT2D eigenvalue weighted by Crippen LogP contribution is 2.67. The van der Waals surface area contributed by atoms with E-state index in [9.17, 15) is 14.4 Å². The lowest BCUT2D eigenvalue weighted by Gasteiger charge is -2.15. The summed E-state index contributed by atoms with van der Waals surface area (Å²) >= 11 is 0. The highest BCUT2D eigenvalue weighted by atomic mass is 16.6. The summed E-state index contributed by atoms with van der Waals surface area (Å²) in [7, 11) is 0. The van der Waals surface area contributed by atoms with Crippen LogP contribution >= 0.6 is 0 Å². The molecule has 0 aliphatic heterocycles. The Morgan fingerprint density at radius 2 is 1.30 bits per heavy atom. The molecule has 5 heteroatoms. The molecule has 0 saturated heterocycles. The van der Waals surface area contributed by atoms with E-state index in [0.717, 1.165) is 5.56 Å². The fourth-order valence-electron chi connectivity index (χ4n) is 3.74. The lowest BCUT2D eigenvalue weighted by Crippen LogP contribution is -2.34. The third kappa shape index (κ3) is 3.14. The van der Waals surface area contributed by atoms with Crippen molar-refractivity contribution < 1.29 is 23.9 Å². The number of Topliss-reactive ketones (excluding diaryl/α,β-unsaturated/α-hetero) is 1. The summed E-state index contributed by atoms with van der Waals surface area (Å²) < 4.78 is 10.4. The second-order valence-corrected chi connectivity index (χ2v) is 6.41. The van der Waals surface area contributed by atoms with E-state index in [1.165, 1.54) is 0 Å². The molecule has 0 unspecified atom stereocenters. The third-order valence-electron chi connectivity index (χ3n) is 4.93. The number of benzene rings is 2. The predicted octanol–water partition coefficient (Wildman–Crippen LogP) is 3.40. The van der Waals surface area contributed by atoms with Crippen LogP contribution in [0.2, 0.25) is 0 Å². The van der Waals surface area contributed by atoms with Crippen LogP contribution in [0.5, 0.6) is 0 Å². The quantitative estimate of drug-likeness (QED) is 0.427. The fraction of sp³-hybridized carbons (Fsp3) is 0.318. The zero-order valence-corrected chi connectivity index (χ0v) is 15.4. The molecule has 27 heavy (non-hydrogen) atoms. The van der Waals surface area contributed by atoms with Gasteiger partial charge >= 0.3 is 11.9 Å². The van der Waals surface area contributed by atoms with Gasteiger partial charge in [-0.25, -0.2) is 0 Å². The van der Waals surface area contributed by atoms with Crippen molar-refractivity contribution in [3.8, 4) is 0 Å². The normalized spacial score (nSPS) is 19.8. The first-order valence-corrected chi connectivity index (χ1v) is 9.07. The zero-order valence-electron chi connectivity index (χ0n) is 15.4. The predicted molar refractivity (Wildman–Crippen MR) is 99.1 cm³/mol. The first-order chi connectivity index (χ1) is 13.1. The molecular weight excluding hydrogens is 344 g/mol. The monoisotopic (exact) mass is 366 g/mol. The topological polar surface area (TPSA) is 69.7 Å². The van der Waals surface area contributed by atoms with Crippen molar-refractivity contribution >= 4 is 17.7 Å². The van der Waals surface area contributed by atoms with Crippen LogP contribution < -0.4 is 0 Å². The summed E-state index contributed by atoms with van der Waals surface area (Å²) in [6.45, 7) is 3.58. The van der Waals surface area contributed by atoms with Crippen molar-refractivity contribution in [2.45, 2.75) is 19.8 Å². The van der Waals surface area contributed by atoms with Crippen molar-refractivity contribution in [1.82, 2.24) is 0 Å². The molecule has 1 aliphatic rings. The molecule has 0 bridgehead atoms. The maximum Gasteiger partial charge on any atom is 0.324 e. The smallest absolute Gasteiger partial charge is 0.324 e. The minimum atomic E-state index is -1.64. The maximum atomic E-state index is 13.2. The number of carbonyl (C=O) groups is 3. The second-order valence-electron chi connectivity index (χ2n) is 6.41. The Hall–Kier alpha value is -2.95. The summed E-state index contributed by atoms with van der Waals surface area (Å²) in [6, 6.07) is 17.8. The molecule has 1 aliphatic carbocycles. The highest BCUT2D eigenvalue weighted by molar-refractivity contribution is 6.16. The van der Waals surface area contributed by atoms with Gasteiger partial charge in [-0.2, -0.15) is 0 Å². The van der Waals surface area contributed by atoms with Gasteiger partial charge in [0, 0.05) is 11.5 Å². The summed E-state index contributed by atoms with van der Waals surface area (Å²) in [6.07, 6.45) is 0. The van der Waals surface area contributed by atoms with E-state index in [4.69, 9.17) is 9.47 Å². The van der Waals surface area contributed by atoms with Gasteiger partial charge < -0.3 is 9.47 Å². The highest BCUT2D eigenvalue weighted by Gasteiger charge is 2.79. The van der Waals surface area contributed by atoms with Crippen LogP contribution in [0, 0.1) is 11.3 Å². The van der Waals surface area contributed by atoms with Crippen LogP contribution in [0.25, 0.3) is 0 Å². The van der Waals surface area contributed by atoms with Crippen LogP contribution in [-0.4, -0.2) is 30.9 Å². The van der Waals surface area contributed by atoms with Crippen molar-refractivity contribution in [2.75, 3.05) is 13.2 Å². The summed E-state index contributed by atoms with van der Waals surface area (Å²) in [5, 5.41) is 0. The standard InChI is InChI=1S/C22H22O5/c1-3-26-20(24)22(21(25)27-4-2)17(15-11-7-5-8-12-15)18(22)19(23)16-13-9-6-10-14-16/h5-14,17-18H,3-4H2,1-2H3/t17-,18-/m1/s1. The van der Waals surface area contributed by atoms with Crippen molar-refractivity contribution in [1.29, 1.82) is 0 Å². The van der Waals surface area contributed by atoms with E-state index in [-0.39, 0.29) is 19.0 Å². The molecular formula is C22H22O5. The lowest BCUT2D eigenvalue weighted by molar-refractivity contribution is -0.165. The SMILES string of the molecule is CCOC(=O)C1(C(=O)OCC)[C@H](c2ccccc2)[C@@H]1C(=O)c1ccccc1. The molecule has 0 aromatic heterocycles. The van der Waals surface area contributed by atoms with E-state index in [1.807, 2.05) is 36.4 Å². The minimum absolute atomic E-state index is 0.119. The van der Waals surface area contributed by atoms with Gasteiger partial charge in [0.1, 0.15) is 0 Å². The lowest BCUT2D eigenvalue weighted by atomic mass is 9.97. The number of carbonyl (C=O) groups excluding carboxylic acids is 3. The van der Waals surface area contributed by atoms with E-state index in [2.05, 4.69) is 0 Å². The number of ketones is 1. The van der Waals surface area contributed by atoms with Gasteiger partial charge in [0.15, 0.2) is 11.2 Å². The Bertz CT molecular complexity index is 810. The van der Waals surface area contributed by atoms with Crippen molar-refractivity contribution in [2.24, 2.45) is 11.3 Å². The molecule has 2 aromatic carbocycles. The molecule has 5 nitrogen and oxygen atoms in total. The van der Waals surface area contributed by atoms with Crippen LogP contribution in [0.15, 0.2) is 60.7 Å². The molecule has 0 spiro atoms. The maximum absolute atomic E-state index is 13.2. The summed E-state index contributed by atoms with van der Waals surface area (Å²) in [5.41, 5.74) is -0.438. The van der Waals surface area contributed by atoms with Gasteiger partial charge in [-0.05, 0) is 19.4 Å². The molecule has 1 fully saturated rings. The molecule has 0 heterocycles. The number of hydrogen-bond donors (Lipinski definition) is 0. The first-order valence-electron chi connectivity index (χ1n) is 9.07. The molecule has 0 radical (unpaired) electrons. The fourth-order valence-corrected chi connectivity index (χ4v) is 3.74. The van der Waals surface area contributed by atoms with Crippen molar-refractivity contribution in [3.63, 3.8) is 0 Å². The van der Waals surface area contributed by atoms with Gasteiger partial charge in [0.25, 0.3) is 0 Å². The number of esters is 2. The Balaban J connectivity index is 2.10. The van der Waals surface area contributed by atoms with Gasteiger partial charge in [0.05, 0.1) is 19.1 Å². The Morgan fingerprint density at radius 3 is 1.78 bits per heavy atom. The molecule has 140 valence electrons. The molecule has 0 amide bonds. The third-order valence-corrected chi connectivity index (χ3v) is 4.93. The molecule has 1 saturated carbocycles. The average molecular weight is 366 g/mol.